The fourth-order valence-corrected chi connectivity index (χ4v) is 8.20. The summed E-state index contributed by atoms with van der Waals surface area (Å²) in [5, 5.41) is 0. The summed E-state index contributed by atoms with van der Waals surface area (Å²) in [6, 6.07) is 9.08. The minimum Gasteiger partial charge on any atom is -0.455 e. The molecule has 0 N–H and O–H groups in total. The molecule has 1 unspecified atom stereocenters. The van der Waals surface area contributed by atoms with E-state index >= 15 is 0 Å². The summed E-state index contributed by atoms with van der Waals surface area (Å²) in [5.41, 5.74) is 7.54. The molecule has 2 aromatic rings. The van der Waals surface area contributed by atoms with Crippen LogP contribution in [-0.4, -0.2) is 30.3 Å². The second-order valence-electron chi connectivity index (χ2n) is 15.6. The van der Waals surface area contributed by atoms with E-state index in [1.807, 2.05) is 0 Å². The van der Waals surface area contributed by atoms with Gasteiger partial charge in [0.05, 0.1) is 29.2 Å². The van der Waals surface area contributed by atoms with Crippen molar-refractivity contribution in [2.45, 2.75) is 148 Å². The van der Waals surface area contributed by atoms with Gasteiger partial charge in [0.25, 0.3) is 0 Å². The zero-order valence-corrected chi connectivity index (χ0v) is 28.3. The topological polar surface area (TPSA) is 66.9 Å². The molecule has 1 saturated heterocycles. The van der Waals surface area contributed by atoms with E-state index in [-0.39, 0.29) is 41.0 Å². The molecule has 0 bridgehead atoms. The zero-order valence-electron chi connectivity index (χ0n) is 28.3. The van der Waals surface area contributed by atoms with Crippen molar-refractivity contribution in [3.8, 4) is 0 Å². The average molecular weight is 604 g/mol. The summed E-state index contributed by atoms with van der Waals surface area (Å²) >= 11 is 0. The summed E-state index contributed by atoms with van der Waals surface area (Å²) in [6.45, 7) is 18.5. The van der Waals surface area contributed by atoms with Gasteiger partial charge in [0.15, 0.2) is 0 Å². The molecule has 0 radical (unpaired) electrons. The van der Waals surface area contributed by atoms with Crippen molar-refractivity contribution in [2.24, 2.45) is 5.41 Å². The van der Waals surface area contributed by atoms with Crippen LogP contribution in [-0.2, 0) is 34.8 Å². The lowest BCUT2D eigenvalue weighted by Crippen LogP contribution is -2.38. The quantitative estimate of drug-likeness (QED) is 0.307. The Morgan fingerprint density at radius 3 is 2.30 bits per heavy atom. The van der Waals surface area contributed by atoms with Gasteiger partial charge in [-0.2, -0.15) is 0 Å². The fourth-order valence-electron chi connectivity index (χ4n) is 8.20. The minimum absolute atomic E-state index is 0.0760. The maximum absolute atomic E-state index is 12.6. The van der Waals surface area contributed by atoms with Crippen LogP contribution in [0, 0.1) is 5.41 Å². The Morgan fingerprint density at radius 1 is 1.05 bits per heavy atom. The molecule has 0 amide bonds. The number of hydrogen-bond donors (Lipinski definition) is 0. The van der Waals surface area contributed by atoms with E-state index in [1.54, 1.807) is 0 Å². The molecule has 240 valence electrons. The number of nitrogens with zero attached hydrogens (tertiary/aromatic N) is 1. The second-order valence-corrected chi connectivity index (χ2v) is 15.6. The van der Waals surface area contributed by atoms with Crippen molar-refractivity contribution in [2.75, 3.05) is 13.2 Å². The van der Waals surface area contributed by atoms with E-state index in [1.165, 1.54) is 29.2 Å². The summed E-state index contributed by atoms with van der Waals surface area (Å²) < 4.78 is 26.3. The maximum Gasteiger partial charge on any atom is 0.303 e. The van der Waals surface area contributed by atoms with E-state index in [4.69, 9.17) is 23.9 Å². The molecular formula is C38H53NO5. The number of fused-ring (bicyclic) bond motifs is 4. The number of pyridine rings is 1. The molecule has 4 aliphatic rings. The Balaban J connectivity index is 1.63. The van der Waals surface area contributed by atoms with E-state index in [0.717, 1.165) is 81.5 Å². The van der Waals surface area contributed by atoms with Gasteiger partial charge in [-0.25, -0.2) is 0 Å². The molecule has 2 aliphatic heterocycles. The highest BCUT2D eigenvalue weighted by atomic mass is 16.5. The third-order valence-electron chi connectivity index (χ3n) is 10.7. The lowest BCUT2D eigenvalue weighted by Gasteiger charge is -2.45. The number of aromatic nitrogens is 1. The first-order valence-electron chi connectivity index (χ1n) is 17.1. The van der Waals surface area contributed by atoms with Crippen LogP contribution in [0.1, 0.15) is 170 Å². The van der Waals surface area contributed by atoms with Crippen LogP contribution in [0.4, 0.5) is 0 Å². The molecule has 1 spiro atoms. The Kier molecular flexibility index (Phi) is 8.51. The van der Waals surface area contributed by atoms with E-state index in [0.29, 0.717) is 0 Å². The van der Waals surface area contributed by atoms with Crippen molar-refractivity contribution in [3.63, 3.8) is 0 Å². The predicted octanol–water partition coefficient (Wildman–Crippen LogP) is 9.05. The number of carbonyl (C=O) groups is 1. The predicted molar refractivity (Wildman–Crippen MR) is 172 cm³/mol. The number of carbonyl (C=O) groups excluding carboxylic acids is 1. The Morgan fingerprint density at radius 2 is 1.70 bits per heavy atom. The third-order valence-corrected chi connectivity index (χ3v) is 10.7. The van der Waals surface area contributed by atoms with Gasteiger partial charge in [0.1, 0.15) is 12.2 Å². The van der Waals surface area contributed by atoms with Gasteiger partial charge in [-0.1, -0.05) is 78.6 Å². The normalized spacial score (nSPS) is 26.8. The highest BCUT2D eigenvalue weighted by Crippen LogP contribution is 2.62. The minimum atomic E-state index is -0.445. The Hall–Kier alpha value is -2.28. The van der Waals surface area contributed by atoms with E-state index in [2.05, 4.69) is 72.7 Å². The monoisotopic (exact) mass is 603 g/mol. The molecule has 1 saturated carbocycles. The van der Waals surface area contributed by atoms with Crippen molar-refractivity contribution in [1.82, 2.24) is 4.98 Å². The van der Waals surface area contributed by atoms with Crippen molar-refractivity contribution in [1.29, 1.82) is 0 Å². The van der Waals surface area contributed by atoms with Gasteiger partial charge < -0.3 is 18.9 Å². The summed E-state index contributed by atoms with van der Waals surface area (Å²) in [7, 11) is 0. The number of esters is 1. The molecule has 44 heavy (non-hydrogen) atoms. The van der Waals surface area contributed by atoms with Crippen LogP contribution >= 0.6 is 0 Å². The maximum atomic E-state index is 12.6. The van der Waals surface area contributed by atoms with Crippen molar-refractivity contribution < 1.29 is 23.7 Å². The highest BCUT2D eigenvalue weighted by Gasteiger charge is 2.55. The second kappa shape index (κ2) is 11.8. The van der Waals surface area contributed by atoms with Crippen molar-refractivity contribution in [3.05, 3.63) is 63.5 Å². The fraction of sp³-hybridized carbons (Fsp3) is 0.684. The lowest BCUT2D eigenvalue weighted by atomic mass is 9.68. The number of hydrogen-bond acceptors (Lipinski definition) is 6. The first-order valence-corrected chi connectivity index (χ1v) is 17.1. The van der Waals surface area contributed by atoms with Crippen molar-refractivity contribution >= 4 is 5.97 Å². The molecule has 6 nitrogen and oxygen atoms in total. The van der Waals surface area contributed by atoms with Crippen LogP contribution in [0.3, 0.4) is 0 Å². The standard InChI is InChI=1S/C38H53NO5/c1-9-23(2)42-28-22-37(7,8)35(43-24(3)40)33-29(28)31-30(32(39-33)25-16-20-41-21-17-25)34(44-38(31)18-10-11-19-38)26-12-14-27(15-13-26)36(4,5)6/h12-15,23,25,28,34-35H,9-11,16-22H2,1-8H3/t23?,28-,34+,35-/m0/s1. The first kappa shape index (κ1) is 31.7. The van der Waals surface area contributed by atoms with Gasteiger partial charge in [-0.05, 0) is 67.6 Å². The number of ether oxygens (including phenoxy) is 4. The first-order chi connectivity index (χ1) is 20.8. The van der Waals surface area contributed by atoms with Gasteiger partial charge in [-0.15, -0.1) is 0 Å². The van der Waals surface area contributed by atoms with Crippen LogP contribution in [0.2, 0.25) is 0 Å². The largest absolute Gasteiger partial charge is 0.455 e. The van der Waals surface area contributed by atoms with Crippen LogP contribution in [0.25, 0.3) is 0 Å². The van der Waals surface area contributed by atoms with Crippen LogP contribution in [0.15, 0.2) is 24.3 Å². The number of rotatable bonds is 6. The number of benzene rings is 1. The van der Waals surface area contributed by atoms with Gasteiger partial charge in [0.2, 0.25) is 0 Å². The molecule has 3 heterocycles. The Labute approximate surface area is 264 Å². The molecule has 2 aliphatic carbocycles. The Bertz CT molecular complexity index is 1360. The lowest BCUT2D eigenvalue weighted by molar-refractivity contribution is -0.159. The molecule has 6 heteroatoms. The molecular weight excluding hydrogens is 550 g/mol. The van der Waals surface area contributed by atoms with Gasteiger partial charge >= 0.3 is 5.97 Å². The molecule has 1 aromatic heterocycles. The molecule has 6 rings (SSSR count). The van der Waals surface area contributed by atoms with E-state index in [9.17, 15) is 4.79 Å². The van der Waals surface area contributed by atoms with Gasteiger partial charge in [-0.3, -0.25) is 9.78 Å². The summed E-state index contributed by atoms with van der Waals surface area (Å²) in [4.78, 5) is 18.2. The zero-order chi connectivity index (χ0) is 31.4. The highest BCUT2D eigenvalue weighted by molar-refractivity contribution is 5.67. The van der Waals surface area contributed by atoms with Crippen LogP contribution < -0.4 is 0 Å². The van der Waals surface area contributed by atoms with Gasteiger partial charge in [0, 0.05) is 42.6 Å². The summed E-state index contributed by atoms with van der Waals surface area (Å²) in [5.74, 6) is -0.00914. The SMILES string of the molecule is CCC(C)O[C@H]1CC(C)(C)[C@@H](OC(C)=O)c2nc(C3CCOCC3)c3c(c21)C1(CCCC1)O[C@@H]3c1ccc(C(C)(C)C)cc1. The average Bonchev–Trinajstić information content (AvgIpc) is 3.59. The molecule has 2 fully saturated rings. The molecule has 4 atom stereocenters. The third kappa shape index (κ3) is 5.64. The van der Waals surface area contributed by atoms with Crippen LogP contribution in [0.5, 0.6) is 0 Å². The smallest absolute Gasteiger partial charge is 0.303 e. The summed E-state index contributed by atoms with van der Waals surface area (Å²) in [6.07, 6.45) is 7.09. The van der Waals surface area contributed by atoms with E-state index < -0.39 is 11.7 Å². The molecule has 1 aromatic carbocycles.